The quantitative estimate of drug-likeness (QED) is 0.458. The number of hydrogen-bond acceptors (Lipinski definition) is 2. The zero-order valence-corrected chi connectivity index (χ0v) is 6.22. The molecule has 0 unspecified atom stereocenters. The number of rotatable bonds is 1. The Morgan fingerprint density at radius 2 is 2.30 bits per heavy atom. The average molecular weight is 156 g/mol. The summed E-state index contributed by atoms with van der Waals surface area (Å²) < 4.78 is 0. The van der Waals surface area contributed by atoms with Gasteiger partial charge in [0.1, 0.15) is 11.4 Å². The first kappa shape index (κ1) is 7.22. The van der Waals surface area contributed by atoms with Crippen LogP contribution < -0.4 is 0 Å². The van der Waals surface area contributed by atoms with Crippen LogP contribution >= 0.6 is 11.6 Å². The summed E-state index contributed by atoms with van der Waals surface area (Å²) in [6.07, 6.45) is 0.751. The molecule has 0 amide bonds. The normalized spacial score (nSPS) is 9.40. The number of pyridine rings is 1. The lowest BCUT2D eigenvalue weighted by atomic mass is 10.2. The number of aldehydes is 1. The summed E-state index contributed by atoms with van der Waals surface area (Å²) in [6, 6.07) is 3.21. The van der Waals surface area contributed by atoms with Crippen molar-refractivity contribution in [1.29, 1.82) is 0 Å². The average Bonchev–Trinajstić information content (AvgIpc) is 1.85. The van der Waals surface area contributed by atoms with Crippen LogP contribution in [0.2, 0.25) is 5.15 Å². The number of carbonyl (C=O) groups excluding carboxylic acids is 1. The monoisotopic (exact) mass is 155 g/mol. The molecule has 0 spiro atoms. The van der Waals surface area contributed by atoms with E-state index in [1.54, 1.807) is 13.0 Å². The number of carbonyl (C=O) groups is 1. The van der Waals surface area contributed by atoms with E-state index in [-0.39, 0.29) is 0 Å². The Morgan fingerprint density at radius 1 is 1.60 bits per heavy atom. The Morgan fingerprint density at radius 3 is 2.80 bits per heavy atom. The van der Waals surface area contributed by atoms with E-state index in [0.29, 0.717) is 10.7 Å². The number of hydrogen-bond donors (Lipinski definition) is 0. The molecule has 0 saturated heterocycles. The van der Waals surface area contributed by atoms with Crippen LogP contribution in [0.3, 0.4) is 0 Å². The van der Waals surface area contributed by atoms with E-state index in [2.05, 4.69) is 4.98 Å². The van der Waals surface area contributed by atoms with Crippen LogP contribution in [-0.2, 0) is 0 Å². The van der Waals surface area contributed by atoms with Crippen molar-refractivity contribution < 1.29 is 4.79 Å². The fourth-order valence-electron chi connectivity index (χ4n) is 0.721. The van der Waals surface area contributed by atoms with Crippen molar-refractivity contribution in [3.05, 3.63) is 28.5 Å². The minimum atomic E-state index is 0.363. The van der Waals surface area contributed by atoms with Gasteiger partial charge in [0.15, 0.2) is 0 Å². The third kappa shape index (κ3) is 1.54. The maximum atomic E-state index is 10.2. The SMILES string of the molecule is Cc1cc(C=O)cc(Cl)n1. The Balaban J connectivity index is 3.18. The van der Waals surface area contributed by atoms with E-state index in [9.17, 15) is 4.79 Å². The van der Waals surface area contributed by atoms with Gasteiger partial charge in [0.2, 0.25) is 0 Å². The van der Waals surface area contributed by atoms with Crippen molar-refractivity contribution in [2.24, 2.45) is 0 Å². The third-order valence-corrected chi connectivity index (χ3v) is 1.27. The second-order valence-electron chi connectivity index (χ2n) is 1.98. The summed E-state index contributed by atoms with van der Waals surface area (Å²) in [4.78, 5) is 14.1. The zero-order chi connectivity index (χ0) is 7.56. The first-order valence-corrected chi connectivity index (χ1v) is 3.19. The highest BCUT2D eigenvalue weighted by Gasteiger charge is 1.94. The van der Waals surface area contributed by atoms with E-state index >= 15 is 0 Å². The van der Waals surface area contributed by atoms with Crippen molar-refractivity contribution in [3.63, 3.8) is 0 Å². The predicted molar refractivity (Wildman–Crippen MR) is 39.4 cm³/mol. The maximum absolute atomic E-state index is 10.2. The van der Waals surface area contributed by atoms with Crippen molar-refractivity contribution in [1.82, 2.24) is 4.98 Å². The maximum Gasteiger partial charge on any atom is 0.150 e. The summed E-state index contributed by atoms with van der Waals surface area (Å²) in [5.41, 5.74) is 1.33. The van der Waals surface area contributed by atoms with Crippen LogP contribution in [0.15, 0.2) is 12.1 Å². The zero-order valence-electron chi connectivity index (χ0n) is 5.47. The van der Waals surface area contributed by atoms with Gasteiger partial charge >= 0.3 is 0 Å². The van der Waals surface area contributed by atoms with Gasteiger partial charge in [0, 0.05) is 11.3 Å². The molecule has 1 heterocycles. The molecule has 10 heavy (non-hydrogen) atoms. The minimum absolute atomic E-state index is 0.363. The Labute approximate surface area is 63.8 Å². The Bertz CT molecular complexity index is 240. The molecule has 1 rings (SSSR count). The topological polar surface area (TPSA) is 30.0 Å². The highest BCUT2D eigenvalue weighted by molar-refractivity contribution is 6.29. The van der Waals surface area contributed by atoms with Gasteiger partial charge in [-0.1, -0.05) is 11.6 Å². The summed E-state index contributed by atoms with van der Waals surface area (Å²) in [6.45, 7) is 1.79. The molecule has 0 atom stereocenters. The fraction of sp³-hybridized carbons (Fsp3) is 0.143. The first-order valence-electron chi connectivity index (χ1n) is 2.82. The fourth-order valence-corrected chi connectivity index (χ4v) is 0.981. The molecule has 0 N–H and O–H groups in total. The summed E-state index contributed by atoms with van der Waals surface area (Å²) in [5, 5.41) is 0.363. The summed E-state index contributed by atoms with van der Waals surface area (Å²) in [7, 11) is 0. The van der Waals surface area contributed by atoms with Gasteiger partial charge in [-0.05, 0) is 19.1 Å². The second kappa shape index (κ2) is 2.80. The van der Waals surface area contributed by atoms with Gasteiger partial charge in [-0.15, -0.1) is 0 Å². The van der Waals surface area contributed by atoms with E-state index in [4.69, 9.17) is 11.6 Å². The molecule has 1 aromatic rings. The molecule has 0 aromatic carbocycles. The van der Waals surface area contributed by atoms with Gasteiger partial charge in [-0.3, -0.25) is 4.79 Å². The van der Waals surface area contributed by atoms with Crippen LogP contribution in [0.25, 0.3) is 0 Å². The second-order valence-corrected chi connectivity index (χ2v) is 2.37. The molecule has 0 saturated carbocycles. The van der Waals surface area contributed by atoms with E-state index in [0.717, 1.165) is 12.0 Å². The van der Waals surface area contributed by atoms with Gasteiger partial charge in [-0.2, -0.15) is 0 Å². The van der Waals surface area contributed by atoms with E-state index in [1.807, 2.05) is 0 Å². The molecule has 0 radical (unpaired) electrons. The van der Waals surface area contributed by atoms with Crippen LogP contribution in [-0.4, -0.2) is 11.3 Å². The van der Waals surface area contributed by atoms with Crippen molar-refractivity contribution in [3.8, 4) is 0 Å². The largest absolute Gasteiger partial charge is 0.298 e. The molecule has 0 aliphatic heterocycles. The highest BCUT2D eigenvalue weighted by Crippen LogP contribution is 2.07. The molecular formula is C7H6ClNO. The number of nitrogens with zero attached hydrogens (tertiary/aromatic N) is 1. The smallest absolute Gasteiger partial charge is 0.150 e. The van der Waals surface area contributed by atoms with E-state index < -0.39 is 0 Å². The summed E-state index contributed by atoms with van der Waals surface area (Å²) >= 11 is 5.56. The van der Waals surface area contributed by atoms with Crippen LogP contribution in [0.4, 0.5) is 0 Å². The molecule has 1 aromatic heterocycles. The predicted octanol–water partition coefficient (Wildman–Crippen LogP) is 1.86. The first-order chi connectivity index (χ1) is 4.72. The molecule has 2 nitrogen and oxygen atoms in total. The number of aryl methyl sites for hydroxylation is 1. The van der Waals surface area contributed by atoms with Gasteiger partial charge in [-0.25, -0.2) is 4.98 Å². The van der Waals surface area contributed by atoms with Crippen LogP contribution in [0.5, 0.6) is 0 Å². The molecule has 0 fully saturated rings. The number of halogens is 1. The minimum Gasteiger partial charge on any atom is -0.298 e. The van der Waals surface area contributed by atoms with E-state index in [1.165, 1.54) is 6.07 Å². The van der Waals surface area contributed by atoms with Crippen molar-refractivity contribution in [2.75, 3.05) is 0 Å². The van der Waals surface area contributed by atoms with Gasteiger partial charge in [0.05, 0.1) is 0 Å². The van der Waals surface area contributed by atoms with Crippen LogP contribution in [0, 0.1) is 6.92 Å². The van der Waals surface area contributed by atoms with Crippen molar-refractivity contribution in [2.45, 2.75) is 6.92 Å². The molecule has 3 heteroatoms. The van der Waals surface area contributed by atoms with Crippen LogP contribution in [0.1, 0.15) is 16.1 Å². The lowest BCUT2D eigenvalue weighted by Crippen LogP contribution is -1.85. The standard InChI is InChI=1S/C7H6ClNO/c1-5-2-6(4-10)3-7(8)9-5/h2-4H,1H3. The Kier molecular flexibility index (Phi) is 2.02. The number of aromatic nitrogens is 1. The molecule has 0 aliphatic rings. The molecular weight excluding hydrogens is 150 g/mol. The Hall–Kier alpha value is -0.890. The lowest BCUT2D eigenvalue weighted by Gasteiger charge is -1.93. The lowest BCUT2D eigenvalue weighted by molar-refractivity contribution is 0.112. The molecule has 52 valence electrons. The third-order valence-electron chi connectivity index (χ3n) is 1.08. The van der Waals surface area contributed by atoms with Crippen molar-refractivity contribution >= 4 is 17.9 Å². The highest BCUT2D eigenvalue weighted by atomic mass is 35.5. The molecule has 0 bridgehead atoms. The van der Waals surface area contributed by atoms with Gasteiger partial charge < -0.3 is 0 Å². The summed E-state index contributed by atoms with van der Waals surface area (Å²) in [5.74, 6) is 0. The van der Waals surface area contributed by atoms with Gasteiger partial charge in [0.25, 0.3) is 0 Å². The molecule has 0 aliphatic carbocycles.